The minimum Gasteiger partial charge on any atom is -0.257 e. The Morgan fingerprint density at radius 3 is 2.60 bits per heavy atom. The SMILES string of the molecule is Fc1cnc(CCl)cc1F. The number of hydrogen-bond acceptors (Lipinski definition) is 1. The quantitative estimate of drug-likeness (QED) is 0.578. The van der Waals surface area contributed by atoms with Crippen LogP contribution in [0.15, 0.2) is 12.3 Å². The summed E-state index contributed by atoms with van der Waals surface area (Å²) in [4.78, 5) is 3.51. The van der Waals surface area contributed by atoms with E-state index in [0.29, 0.717) is 5.69 Å². The van der Waals surface area contributed by atoms with E-state index in [1.54, 1.807) is 0 Å². The highest BCUT2D eigenvalue weighted by Gasteiger charge is 2.01. The van der Waals surface area contributed by atoms with Crippen LogP contribution < -0.4 is 0 Å². The Balaban J connectivity index is 3.04. The summed E-state index contributed by atoms with van der Waals surface area (Å²) in [5.74, 6) is -1.77. The van der Waals surface area contributed by atoms with Gasteiger partial charge in [0.1, 0.15) is 0 Å². The van der Waals surface area contributed by atoms with Gasteiger partial charge in [-0.05, 0) is 6.07 Å². The molecule has 0 aliphatic heterocycles. The smallest absolute Gasteiger partial charge is 0.177 e. The Labute approximate surface area is 61.7 Å². The van der Waals surface area contributed by atoms with Gasteiger partial charge in [0.15, 0.2) is 11.6 Å². The monoisotopic (exact) mass is 163 g/mol. The molecule has 1 aromatic rings. The van der Waals surface area contributed by atoms with Gasteiger partial charge in [-0.25, -0.2) is 8.78 Å². The van der Waals surface area contributed by atoms with Crippen LogP contribution >= 0.6 is 11.6 Å². The van der Waals surface area contributed by atoms with Gasteiger partial charge in [0.2, 0.25) is 0 Å². The maximum Gasteiger partial charge on any atom is 0.177 e. The first kappa shape index (κ1) is 7.41. The first-order valence-electron chi connectivity index (χ1n) is 2.60. The largest absolute Gasteiger partial charge is 0.257 e. The van der Waals surface area contributed by atoms with Crippen LogP contribution in [0.1, 0.15) is 5.69 Å². The summed E-state index contributed by atoms with van der Waals surface area (Å²) in [5.41, 5.74) is 0.334. The molecule has 0 radical (unpaired) electrons. The van der Waals surface area contributed by atoms with Gasteiger partial charge in [-0.3, -0.25) is 4.98 Å². The minimum absolute atomic E-state index is 0.0944. The summed E-state index contributed by atoms with van der Waals surface area (Å²) in [5, 5.41) is 0. The van der Waals surface area contributed by atoms with E-state index in [1.807, 2.05) is 0 Å². The van der Waals surface area contributed by atoms with Gasteiger partial charge in [-0.1, -0.05) is 0 Å². The van der Waals surface area contributed by atoms with Crippen LogP contribution in [0.4, 0.5) is 8.78 Å². The van der Waals surface area contributed by atoms with Crippen LogP contribution in [-0.4, -0.2) is 4.98 Å². The number of rotatable bonds is 1. The molecule has 0 spiro atoms. The first-order valence-corrected chi connectivity index (χ1v) is 3.13. The average Bonchev–Trinajstić information content (AvgIpc) is 1.95. The van der Waals surface area contributed by atoms with Gasteiger partial charge in [0, 0.05) is 0 Å². The van der Waals surface area contributed by atoms with Gasteiger partial charge in [0.05, 0.1) is 17.8 Å². The van der Waals surface area contributed by atoms with E-state index in [9.17, 15) is 8.78 Å². The van der Waals surface area contributed by atoms with Gasteiger partial charge in [-0.2, -0.15) is 0 Å². The lowest BCUT2D eigenvalue weighted by atomic mass is 10.4. The summed E-state index contributed by atoms with van der Waals surface area (Å²) >= 11 is 5.30. The van der Waals surface area contributed by atoms with E-state index in [4.69, 9.17) is 11.6 Å². The fraction of sp³-hybridized carbons (Fsp3) is 0.167. The second kappa shape index (κ2) is 2.92. The Morgan fingerprint density at radius 1 is 1.40 bits per heavy atom. The molecule has 0 bridgehead atoms. The molecule has 0 aliphatic rings. The summed E-state index contributed by atoms with van der Waals surface area (Å²) in [6, 6.07) is 0.975. The zero-order chi connectivity index (χ0) is 7.56. The van der Waals surface area contributed by atoms with Gasteiger partial charge < -0.3 is 0 Å². The Hall–Kier alpha value is -0.700. The third kappa shape index (κ3) is 1.42. The highest BCUT2D eigenvalue weighted by molar-refractivity contribution is 6.16. The average molecular weight is 164 g/mol. The highest BCUT2D eigenvalue weighted by Crippen LogP contribution is 2.06. The molecule has 4 heteroatoms. The molecule has 0 unspecified atom stereocenters. The van der Waals surface area contributed by atoms with Crippen LogP contribution in [0.25, 0.3) is 0 Å². The third-order valence-electron chi connectivity index (χ3n) is 1.00. The van der Waals surface area contributed by atoms with Crippen molar-refractivity contribution in [2.75, 3.05) is 0 Å². The molecule has 0 atom stereocenters. The molecule has 0 amide bonds. The zero-order valence-corrected chi connectivity index (χ0v) is 5.70. The summed E-state index contributed by atoms with van der Waals surface area (Å²) in [7, 11) is 0. The van der Waals surface area contributed by atoms with Crippen molar-refractivity contribution in [2.24, 2.45) is 0 Å². The lowest BCUT2D eigenvalue weighted by molar-refractivity contribution is 0.502. The molecule has 0 saturated carbocycles. The van der Waals surface area contributed by atoms with E-state index in [-0.39, 0.29) is 5.88 Å². The normalized spacial score (nSPS) is 9.90. The summed E-state index contributed by atoms with van der Waals surface area (Å²) < 4.78 is 24.4. The van der Waals surface area contributed by atoms with Crippen molar-refractivity contribution in [3.05, 3.63) is 29.6 Å². The zero-order valence-electron chi connectivity index (χ0n) is 4.94. The van der Waals surface area contributed by atoms with Crippen molar-refractivity contribution in [3.63, 3.8) is 0 Å². The second-order valence-corrected chi connectivity index (χ2v) is 1.99. The molecule has 1 aromatic heterocycles. The summed E-state index contributed by atoms with van der Waals surface area (Å²) in [6.07, 6.45) is 0.813. The van der Waals surface area contributed by atoms with Gasteiger partial charge in [-0.15, -0.1) is 11.6 Å². The highest BCUT2D eigenvalue weighted by atomic mass is 35.5. The Kier molecular flexibility index (Phi) is 2.17. The van der Waals surface area contributed by atoms with E-state index in [0.717, 1.165) is 12.3 Å². The molecule has 1 heterocycles. The Bertz CT molecular complexity index is 239. The Morgan fingerprint density at radius 2 is 2.10 bits per heavy atom. The van der Waals surface area contributed by atoms with E-state index in [1.165, 1.54) is 0 Å². The molecule has 0 aromatic carbocycles. The van der Waals surface area contributed by atoms with Crippen molar-refractivity contribution in [1.82, 2.24) is 4.98 Å². The molecular formula is C6H4ClF2N. The number of aromatic nitrogens is 1. The van der Waals surface area contributed by atoms with Crippen LogP contribution in [0, 0.1) is 11.6 Å². The molecule has 10 heavy (non-hydrogen) atoms. The van der Waals surface area contributed by atoms with E-state index in [2.05, 4.69) is 4.98 Å². The van der Waals surface area contributed by atoms with E-state index >= 15 is 0 Å². The van der Waals surface area contributed by atoms with Crippen LogP contribution in [-0.2, 0) is 5.88 Å². The summed E-state index contributed by atoms with van der Waals surface area (Å²) in [6.45, 7) is 0. The first-order chi connectivity index (χ1) is 4.74. The lowest BCUT2D eigenvalue weighted by Crippen LogP contribution is -1.90. The molecule has 0 N–H and O–H groups in total. The van der Waals surface area contributed by atoms with E-state index < -0.39 is 11.6 Å². The van der Waals surface area contributed by atoms with Gasteiger partial charge in [0.25, 0.3) is 0 Å². The fourth-order valence-corrected chi connectivity index (χ4v) is 0.673. The standard InChI is InChI=1S/C6H4ClF2N/c7-2-4-1-5(8)6(9)3-10-4/h1,3H,2H2. The van der Waals surface area contributed by atoms with Crippen molar-refractivity contribution >= 4 is 11.6 Å². The second-order valence-electron chi connectivity index (χ2n) is 1.72. The molecule has 1 nitrogen and oxygen atoms in total. The van der Waals surface area contributed by atoms with Crippen molar-refractivity contribution in [2.45, 2.75) is 5.88 Å². The number of nitrogens with zero attached hydrogens (tertiary/aromatic N) is 1. The molecule has 0 saturated heterocycles. The molecule has 1 rings (SSSR count). The van der Waals surface area contributed by atoms with Crippen molar-refractivity contribution in [1.29, 1.82) is 0 Å². The maximum absolute atomic E-state index is 12.3. The number of alkyl halides is 1. The third-order valence-corrected chi connectivity index (χ3v) is 1.28. The number of halogens is 3. The lowest BCUT2D eigenvalue weighted by Gasteiger charge is -1.93. The van der Waals surface area contributed by atoms with Crippen LogP contribution in [0.3, 0.4) is 0 Å². The fourth-order valence-electron chi connectivity index (χ4n) is 0.527. The number of pyridine rings is 1. The molecule has 0 aliphatic carbocycles. The molecule has 0 fully saturated rings. The predicted molar refractivity (Wildman–Crippen MR) is 33.7 cm³/mol. The van der Waals surface area contributed by atoms with Crippen molar-refractivity contribution < 1.29 is 8.78 Å². The van der Waals surface area contributed by atoms with Crippen molar-refractivity contribution in [3.8, 4) is 0 Å². The van der Waals surface area contributed by atoms with Gasteiger partial charge >= 0.3 is 0 Å². The molecular weight excluding hydrogens is 160 g/mol. The maximum atomic E-state index is 12.3. The van der Waals surface area contributed by atoms with Crippen LogP contribution in [0.2, 0.25) is 0 Å². The topological polar surface area (TPSA) is 12.9 Å². The predicted octanol–water partition coefficient (Wildman–Crippen LogP) is 2.10. The molecule has 54 valence electrons. The number of hydrogen-bond donors (Lipinski definition) is 0. The van der Waals surface area contributed by atoms with Crippen LogP contribution in [0.5, 0.6) is 0 Å². The minimum atomic E-state index is -0.950.